The van der Waals surface area contributed by atoms with Gasteiger partial charge in [0, 0.05) is 25.3 Å². The Morgan fingerprint density at radius 3 is 2.71 bits per heavy atom. The molecule has 0 aliphatic rings. The first-order valence-corrected chi connectivity index (χ1v) is 5.27. The molecule has 14 heavy (non-hydrogen) atoms. The lowest BCUT2D eigenvalue weighted by atomic mass is 9.99. The number of aryl methyl sites for hydroxylation is 1. The summed E-state index contributed by atoms with van der Waals surface area (Å²) in [6.07, 6.45) is 4.25. The third-order valence-electron chi connectivity index (χ3n) is 2.55. The van der Waals surface area contributed by atoms with E-state index < -0.39 is 0 Å². The fourth-order valence-electron chi connectivity index (χ4n) is 1.62. The maximum Gasteiger partial charge on any atom is 0.0518 e. The molecule has 0 aliphatic carbocycles. The van der Waals surface area contributed by atoms with Crippen LogP contribution in [0.3, 0.4) is 0 Å². The second kappa shape index (κ2) is 4.60. The molecule has 0 aliphatic heterocycles. The molecule has 0 fully saturated rings. The van der Waals surface area contributed by atoms with E-state index in [0.717, 1.165) is 6.54 Å². The van der Waals surface area contributed by atoms with Gasteiger partial charge in [-0.25, -0.2) is 0 Å². The summed E-state index contributed by atoms with van der Waals surface area (Å²) >= 11 is 0. The summed E-state index contributed by atoms with van der Waals surface area (Å²) in [5.41, 5.74) is 1.45. The topological polar surface area (TPSA) is 29.9 Å². The highest BCUT2D eigenvalue weighted by molar-refractivity contribution is 5.00. The van der Waals surface area contributed by atoms with Crippen LogP contribution in [0.15, 0.2) is 12.3 Å². The quantitative estimate of drug-likeness (QED) is 0.779. The third kappa shape index (κ3) is 3.14. The molecule has 3 nitrogen and oxygen atoms in total. The summed E-state index contributed by atoms with van der Waals surface area (Å²) in [6, 6.07) is 2.05. The zero-order valence-corrected chi connectivity index (χ0v) is 9.67. The van der Waals surface area contributed by atoms with Crippen molar-refractivity contribution >= 4 is 0 Å². The molecular weight excluding hydrogens is 174 g/mol. The van der Waals surface area contributed by atoms with Crippen LogP contribution in [0.5, 0.6) is 0 Å². The Bertz CT molecular complexity index is 276. The van der Waals surface area contributed by atoms with E-state index in [4.69, 9.17) is 0 Å². The van der Waals surface area contributed by atoms with Gasteiger partial charge < -0.3 is 5.32 Å². The normalized spacial score (nSPS) is 12.0. The molecule has 80 valence electrons. The van der Waals surface area contributed by atoms with Gasteiger partial charge in [0.1, 0.15) is 0 Å². The molecule has 0 atom stereocenters. The van der Waals surface area contributed by atoms with Crippen LogP contribution < -0.4 is 5.32 Å². The van der Waals surface area contributed by atoms with E-state index >= 15 is 0 Å². The average Bonchev–Trinajstić information content (AvgIpc) is 2.48. The number of rotatable bonds is 5. The highest BCUT2D eigenvalue weighted by Crippen LogP contribution is 2.11. The van der Waals surface area contributed by atoms with Crippen LogP contribution >= 0.6 is 0 Å². The Morgan fingerprint density at radius 1 is 1.50 bits per heavy atom. The largest absolute Gasteiger partial charge is 0.306 e. The van der Waals surface area contributed by atoms with Crippen LogP contribution in [0.2, 0.25) is 0 Å². The van der Waals surface area contributed by atoms with Gasteiger partial charge in [-0.1, -0.05) is 13.3 Å². The summed E-state index contributed by atoms with van der Waals surface area (Å²) in [5.74, 6) is 0. The molecule has 1 N–H and O–H groups in total. The molecule has 1 heterocycles. The minimum Gasteiger partial charge on any atom is -0.306 e. The maximum absolute atomic E-state index is 4.14. The van der Waals surface area contributed by atoms with E-state index in [9.17, 15) is 0 Å². The molecule has 1 rings (SSSR count). The minimum absolute atomic E-state index is 0.221. The van der Waals surface area contributed by atoms with Gasteiger partial charge in [-0.3, -0.25) is 4.68 Å². The molecule has 3 heteroatoms. The van der Waals surface area contributed by atoms with Gasteiger partial charge in [0.05, 0.1) is 5.69 Å². The van der Waals surface area contributed by atoms with Crippen molar-refractivity contribution < 1.29 is 0 Å². The van der Waals surface area contributed by atoms with Gasteiger partial charge in [-0.2, -0.15) is 5.10 Å². The summed E-state index contributed by atoms with van der Waals surface area (Å²) in [4.78, 5) is 0. The predicted octanol–water partition coefficient (Wildman–Crippen LogP) is 2.09. The highest BCUT2D eigenvalue weighted by atomic mass is 15.3. The van der Waals surface area contributed by atoms with Gasteiger partial charge in [-0.05, 0) is 26.3 Å². The monoisotopic (exact) mass is 195 g/mol. The van der Waals surface area contributed by atoms with E-state index in [0.29, 0.717) is 0 Å². The molecule has 0 saturated carbocycles. The first-order chi connectivity index (χ1) is 6.55. The third-order valence-corrected chi connectivity index (χ3v) is 2.55. The van der Waals surface area contributed by atoms with Gasteiger partial charge in [0.2, 0.25) is 0 Å². The van der Waals surface area contributed by atoms with E-state index in [1.165, 1.54) is 18.5 Å². The first-order valence-electron chi connectivity index (χ1n) is 5.27. The lowest BCUT2D eigenvalue weighted by molar-refractivity contribution is 0.352. The minimum atomic E-state index is 0.221. The van der Waals surface area contributed by atoms with Gasteiger partial charge in [-0.15, -0.1) is 0 Å². The molecular formula is C11H21N3. The Kier molecular flexibility index (Phi) is 3.69. The Hall–Kier alpha value is -0.830. The molecule has 0 bridgehead atoms. The number of aromatic nitrogens is 2. The van der Waals surface area contributed by atoms with Crippen molar-refractivity contribution in [3.63, 3.8) is 0 Å². The van der Waals surface area contributed by atoms with Crippen LogP contribution in [0.1, 0.15) is 39.3 Å². The molecule has 0 amide bonds. The lowest BCUT2D eigenvalue weighted by Crippen LogP contribution is -2.38. The van der Waals surface area contributed by atoms with Crippen molar-refractivity contribution in [3.8, 4) is 0 Å². The fourth-order valence-corrected chi connectivity index (χ4v) is 1.62. The van der Waals surface area contributed by atoms with Crippen molar-refractivity contribution in [2.24, 2.45) is 7.05 Å². The van der Waals surface area contributed by atoms with Gasteiger partial charge >= 0.3 is 0 Å². The van der Waals surface area contributed by atoms with Gasteiger partial charge in [0.15, 0.2) is 0 Å². The van der Waals surface area contributed by atoms with Crippen molar-refractivity contribution in [2.45, 2.75) is 45.7 Å². The van der Waals surface area contributed by atoms with Crippen molar-refractivity contribution in [1.82, 2.24) is 15.1 Å². The van der Waals surface area contributed by atoms with Crippen molar-refractivity contribution in [1.29, 1.82) is 0 Å². The summed E-state index contributed by atoms with van der Waals surface area (Å²) in [5, 5.41) is 7.68. The Labute approximate surface area is 86.5 Å². The predicted molar refractivity (Wildman–Crippen MR) is 59.0 cm³/mol. The molecule has 0 unspecified atom stereocenters. The fraction of sp³-hybridized carbons (Fsp3) is 0.727. The number of nitrogens with zero attached hydrogens (tertiary/aromatic N) is 2. The zero-order chi connectivity index (χ0) is 10.6. The van der Waals surface area contributed by atoms with Crippen molar-refractivity contribution in [2.75, 3.05) is 0 Å². The second-order valence-corrected chi connectivity index (χ2v) is 4.43. The molecule has 0 aromatic carbocycles. The first kappa shape index (κ1) is 11.2. The number of nitrogens with one attached hydrogen (secondary N) is 1. The molecule has 1 aromatic heterocycles. The second-order valence-electron chi connectivity index (χ2n) is 4.43. The highest BCUT2D eigenvalue weighted by Gasteiger charge is 2.15. The smallest absolute Gasteiger partial charge is 0.0518 e. The van der Waals surface area contributed by atoms with Crippen LogP contribution in [-0.4, -0.2) is 15.3 Å². The molecule has 0 spiro atoms. The number of hydrogen-bond acceptors (Lipinski definition) is 2. The summed E-state index contributed by atoms with van der Waals surface area (Å²) in [6.45, 7) is 7.59. The Morgan fingerprint density at radius 2 is 2.21 bits per heavy atom. The SMILES string of the molecule is CCCC(C)(C)NCc1ccnn1C. The van der Waals surface area contributed by atoms with E-state index in [1.807, 2.05) is 17.9 Å². The van der Waals surface area contributed by atoms with Crippen LogP contribution in [0.25, 0.3) is 0 Å². The average molecular weight is 195 g/mol. The molecule has 1 aromatic rings. The summed E-state index contributed by atoms with van der Waals surface area (Å²) < 4.78 is 1.91. The van der Waals surface area contributed by atoms with E-state index in [-0.39, 0.29) is 5.54 Å². The van der Waals surface area contributed by atoms with Crippen molar-refractivity contribution in [3.05, 3.63) is 18.0 Å². The maximum atomic E-state index is 4.14. The lowest BCUT2D eigenvalue weighted by Gasteiger charge is -2.25. The van der Waals surface area contributed by atoms with E-state index in [2.05, 4.69) is 37.3 Å². The van der Waals surface area contributed by atoms with Crippen LogP contribution in [0, 0.1) is 0 Å². The van der Waals surface area contributed by atoms with Crippen LogP contribution in [-0.2, 0) is 13.6 Å². The van der Waals surface area contributed by atoms with Crippen LogP contribution in [0.4, 0.5) is 0 Å². The standard InChI is InChI=1S/C11H21N3/c1-5-7-11(2,3)12-9-10-6-8-13-14(10)4/h6,8,12H,5,7,9H2,1-4H3. The Balaban J connectivity index is 2.44. The number of hydrogen-bond donors (Lipinski definition) is 1. The zero-order valence-electron chi connectivity index (χ0n) is 9.67. The van der Waals surface area contributed by atoms with Gasteiger partial charge in [0.25, 0.3) is 0 Å². The molecule has 0 saturated heterocycles. The molecule has 0 radical (unpaired) electrons. The summed E-state index contributed by atoms with van der Waals surface area (Å²) in [7, 11) is 1.98. The van der Waals surface area contributed by atoms with E-state index in [1.54, 1.807) is 0 Å².